The molecule has 1 aliphatic rings. The minimum absolute atomic E-state index is 0.0475. The molecule has 7 nitrogen and oxygen atoms in total. The summed E-state index contributed by atoms with van der Waals surface area (Å²) in [5.74, 6) is 3.40. The van der Waals surface area contributed by atoms with E-state index in [0.29, 0.717) is 31.4 Å². The van der Waals surface area contributed by atoms with Gasteiger partial charge in [0.2, 0.25) is 11.7 Å². The molecule has 2 heterocycles. The molecule has 1 unspecified atom stereocenters. The van der Waals surface area contributed by atoms with Gasteiger partial charge in [0.1, 0.15) is 18.5 Å². The number of hydrogen-bond acceptors (Lipinski definition) is 7. The van der Waals surface area contributed by atoms with Crippen molar-refractivity contribution in [1.82, 2.24) is 15.0 Å². The van der Waals surface area contributed by atoms with Crippen LogP contribution >= 0.6 is 0 Å². The molecule has 0 saturated carbocycles. The van der Waals surface area contributed by atoms with Gasteiger partial charge in [-0.2, -0.15) is 4.98 Å². The maximum absolute atomic E-state index is 5.98. The van der Waals surface area contributed by atoms with Gasteiger partial charge in [-0.1, -0.05) is 35.5 Å². The van der Waals surface area contributed by atoms with E-state index in [4.69, 9.17) is 18.7 Å². The minimum Gasteiger partial charge on any atom is -0.486 e. The Hall–Kier alpha value is -3.06. The van der Waals surface area contributed by atoms with E-state index in [1.54, 1.807) is 0 Å². The van der Waals surface area contributed by atoms with Crippen molar-refractivity contribution in [2.24, 2.45) is 0 Å². The molecule has 140 valence electrons. The zero-order chi connectivity index (χ0) is 18.5. The van der Waals surface area contributed by atoms with Crippen LogP contribution in [-0.4, -0.2) is 41.3 Å². The lowest BCUT2D eigenvalue weighted by Gasteiger charge is -2.29. The second-order valence-corrected chi connectivity index (χ2v) is 6.40. The van der Waals surface area contributed by atoms with Crippen LogP contribution in [-0.2, 0) is 13.2 Å². The number of benzene rings is 2. The Kier molecular flexibility index (Phi) is 5.20. The molecule has 27 heavy (non-hydrogen) atoms. The van der Waals surface area contributed by atoms with Gasteiger partial charge in [-0.15, -0.1) is 0 Å². The third-order valence-electron chi connectivity index (χ3n) is 4.11. The Bertz CT molecular complexity index is 868. The lowest BCUT2D eigenvalue weighted by Crippen LogP contribution is -2.39. The second kappa shape index (κ2) is 8.09. The van der Waals surface area contributed by atoms with E-state index in [9.17, 15) is 0 Å². The Balaban J connectivity index is 1.26. The highest BCUT2D eigenvalue weighted by atomic mass is 16.6. The van der Waals surface area contributed by atoms with Gasteiger partial charge in [-0.3, -0.25) is 4.90 Å². The number of hydrogen-bond donors (Lipinski definition) is 0. The maximum Gasteiger partial charge on any atom is 0.240 e. The summed E-state index contributed by atoms with van der Waals surface area (Å²) in [6, 6.07) is 17.2. The molecule has 2 aromatic carbocycles. The monoisotopic (exact) mass is 367 g/mol. The Morgan fingerprint density at radius 2 is 1.85 bits per heavy atom. The van der Waals surface area contributed by atoms with Crippen molar-refractivity contribution in [3.8, 4) is 17.2 Å². The number of para-hydroxylation sites is 3. The molecule has 0 N–H and O–H groups in total. The Morgan fingerprint density at radius 1 is 1.07 bits per heavy atom. The summed E-state index contributed by atoms with van der Waals surface area (Å²) in [6.45, 7) is 2.00. The highest BCUT2D eigenvalue weighted by molar-refractivity contribution is 5.40. The zero-order valence-corrected chi connectivity index (χ0v) is 15.1. The van der Waals surface area contributed by atoms with Gasteiger partial charge in [0.15, 0.2) is 18.1 Å². The standard InChI is InChI=1S/C20H21N3O4/c1-23(11-16-13-25-17-9-5-6-10-18(17)26-16)12-20-21-19(22-27-20)14-24-15-7-3-2-4-8-15/h2-10,16H,11-14H2,1H3. The van der Waals surface area contributed by atoms with Crippen molar-refractivity contribution in [1.29, 1.82) is 0 Å². The van der Waals surface area contributed by atoms with E-state index < -0.39 is 0 Å². The van der Waals surface area contributed by atoms with Gasteiger partial charge in [0.05, 0.1) is 6.54 Å². The largest absolute Gasteiger partial charge is 0.486 e. The predicted octanol–water partition coefficient (Wildman–Crippen LogP) is 2.92. The first-order chi connectivity index (χ1) is 13.3. The number of likely N-dealkylation sites (N-methyl/N-ethyl adjacent to an activating group) is 1. The molecule has 3 aromatic rings. The summed E-state index contributed by atoms with van der Waals surface area (Å²) in [4.78, 5) is 6.44. The summed E-state index contributed by atoms with van der Waals surface area (Å²) >= 11 is 0. The summed E-state index contributed by atoms with van der Waals surface area (Å²) in [7, 11) is 1.98. The fraction of sp³-hybridized carbons (Fsp3) is 0.300. The van der Waals surface area contributed by atoms with E-state index in [1.807, 2.05) is 61.6 Å². The summed E-state index contributed by atoms with van der Waals surface area (Å²) in [5, 5.41) is 3.97. The van der Waals surface area contributed by atoms with Crippen LogP contribution in [0.3, 0.4) is 0 Å². The van der Waals surface area contributed by atoms with E-state index in [0.717, 1.165) is 17.2 Å². The highest BCUT2D eigenvalue weighted by Gasteiger charge is 2.22. The van der Waals surface area contributed by atoms with Crippen LogP contribution in [0.4, 0.5) is 0 Å². The fourth-order valence-electron chi connectivity index (χ4n) is 2.87. The fourth-order valence-corrected chi connectivity index (χ4v) is 2.87. The van der Waals surface area contributed by atoms with E-state index >= 15 is 0 Å². The van der Waals surface area contributed by atoms with Crippen molar-refractivity contribution in [2.45, 2.75) is 19.3 Å². The van der Waals surface area contributed by atoms with E-state index in [2.05, 4.69) is 15.0 Å². The third-order valence-corrected chi connectivity index (χ3v) is 4.11. The zero-order valence-electron chi connectivity index (χ0n) is 15.1. The third kappa shape index (κ3) is 4.57. The number of nitrogens with zero attached hydrogens (tertiary/aromatic N) is 3. The molecule has 1 aliphatic heterocycles. The first-order valence-corrected chi connectivity index (χ1v) is 8.82. The number of rotatable bonds is 7. The normalized spacial score (nSPS) is 15.7. The average molecular weight is 367 g/mol. The van der Waals surface area contributed by atoms with Crippen LogP contribution < -0.4 is 14.2 Å². The number of aromatic nitrogens is 2. The van der Waals surface area contributed by atoms with Crippen LogP contribution in [0.1, 0.15) is 11.7 Å². The number of fused-ring (bicyclic) bond motifs is 1. The van der Waals surface area contributed by atoms with Crippen LogP contribution in [0, 0.1) is 0 Å². The molecule has 4 rings (SSSR count). The van der Waals surface area contributed by atoms with Gasteiger partial charge in [-0.25, -0.2) is 0 Å². The topological polar surface area (TPSA) is 69.9 Å². The predicted molar refractivity (Wildman–Crippen MR) is 97.8 cm³/mol. The first kappa shape index (κ1) is 17.4. The molecule has 0 fully saturated rings. The van der Waals surface area contributed by atoms with Crippen molar-refractivity contribution in [3.05, 3.63) is 66.3 Å². The second-order valence-electron chi connectivity index (χ2n) is 6.40. The van der Waals surface area contributed by atoms with Crippen LogP contribution in [0.2, 0.25) is 0 Å². The molecule has 1 aromatic heterocycles. The van der Waals surface area contributed by atoms with Crippen molar-refractivity contribution >= 4 is 0 Å². The molecular formula is C20H21N3O4. The Morgan fingerprint density at radius 3 is 2.70 bits per heavy atom. The minimum atomic E-state index is -0.0475. The van der Waals surface area contributed by atoms with Crippen LogP contribution in [0.25, 0.3) is 0 Å². The van der Waals surface area contributed by atoms with E-state index in [-0.39, 0.29) is 12.7 Å². The van der Waals surface area contributed by atoms with Crippen LogP contribution in [0.15, 0.2) is 59.1 Å². The van der Waals surface area contributed by atoms with Crippen LogP contribution in [0.5, 0.6) is 17.2 Å². The van der Waals surface area contributed by atoms with E-state index in [1.165, 1.54) is 0 Å². The quantitative estimate of drug-likeness (QED) is 0.636. The summed E-state index contributed by atoms with van der Waals surface area (Å²) < 4.78 is 22.7. The molecule has 0 radical (unpaired) electrons. The van der Waals surface area contributed by atoms with Crippen molar-refractivity contribution in [3.63, 3.8) is 0 Å². The van der Waals surface area contributed by atoms with Gasteiger partial charge >= 0.3 is 0 Å². The van der Waals surface area contributed by atoms with Gasteiger partial charge in [-0.05, 0) is 31.3 Å². The van der Waals surface area contributed by atoms with Crippen molar-refractivity contribution < 1.29 is 18.7 Å². The summed E-state index contributed by atoms with van der Waals surface area (Å²) in [5.41, 5.74) is 0. The SMILES string of the molecule is CN(Cc1nc(COc2ccccc2)no1)CC1COc2ccccc2O1. The lowest BCUT2D eigenvalue weighted by molar-refractivity contribution is 0.0613. The molecule has 0 bridgehead atoms. The molecule has 7 heteroatoms. The average Bonchev–Trinajstić information content (AvgIpc) is 3.14. The molecule has 0 amide bonds. The Labute approximate surface area is 157 Å². The molecule has 0 aliphatic carbocycles. The van der Waals surface area contributed by atoms with Gasteiger partial charge in [0.25, 0.3) is 0 Å². The lowest BCUT2D eigenvalue weighted by atomic mass is 10.2. The van der Waals surface area contributed by atoms with Gasteiger partial charge < -0.3 is 18.7 Å². The first-order valence-electron chi connectivity index (χ1n) is 8.82. The molecule has 0 saturated heterocycles. The number of ether oxygens (including phenoxy) is 3. The summed E-state index contributed by atoms with van der Waals surface area (Å²) in [6.07, 6.45) is -0.0475. The maximum atomic E-state index is 5.98. The highest BCUT2D eigenvalue weighted by Crippen LogP contribution is 2.31. The molecule has 1 atom stereocenters. The molecule has 0 spiro atoms. The smallest absolute Gasteiger partial charge is 0.240 e. The molecular weight excluding hydrogens is 346 g/mol. The van der Waals surface area contributed by atoms with Crippen molar-refractivity contribution in [2.75, 3.05) is 20.2 Å². The van der Waals surface area contributed by atoms with Gasteiger partial charge in [0, 0.05) is 6.54 Å².